The Balaban J connectivity index is 0.00000320. The number of aromatic hydroxyl groups is 1. The Morgan fingerprint density at radius 2 is 1.67 bits per heavy atom. The van der Waals surface area contributed by atoms with Crippen molar-refractivity contribution in [1.82, 2.24) is 0 Å². The third-order valence-corrected chi connectivity index (χ3v) is 6.70. The average molecular weight is 604 g/mol. The molecule has 0 saturated carbocycles. The van der Waals surface area contributed by atoms with Gasteiger partial charge in [-0.1, -0.05) is 41.4 Å². The minimum Gasteiger partial charge on any atom is -0.505 e. The van der Waals surface area contributed by atoms with E-state index in [1.54, 1.807) is 6.07 Å². The summed E-state index contributed by atoms with van der Waals surface area (Å²) in [6.45, 7) is 0. The largest absolute Gasteiger partial charge is 0.505 e. The number of halogens is 4. The summed E-state index contributed by atoms with van der Waals surface area (Å²) >= 11 is 18.5. The van der Waals surface area contributed by atoms with Gasteiger partial charge >= 0.3 is 0 Å². The summed E-state index contributed by atoms with van der Waals surface area (Å²) in [5, 5.41) is 9.90. The van der Waals surface area contributed by atoms with Crippen LogP contribution < -0.4 is 0 Å². The van der Waals surface area contributed by atoms with Crippen LogP contribution in [0.4, 0.5) is 0 Å². The summed E-state index contributed by atoms with van der Waals surface area (Å²) in [7, 11) is -4.57. The van der Waals surface area contributed by atoms with Crippen LogP contribution in [0.5, 0.6) is 5.75 Å². The number of phenols is 1. The minimum atomic E-state index is -4.57. The van der Waals surface area contributed by atoms with Gasteiger partial charge in [-0.3, -0.25) is 9.35 Å². The molecule has 3 rings (SSSR count). The molecule has 0 aliphatic heterocycles. The molecule has 0 heterocycles. The second-order valence-electron chi connectivity index (χ2n) is 5.90. The van der Waals surface area contributed by atoms with Crippen LogP contribution in [-0.4, -0.2) is 53.4 Å². The van der Waals surface area contributed by atoms with Crippen LogP contribution in [0.25, 0.3) is 5.57 Å². The van der Waals surface area contributed by atoms with Gasteiger partial charge in [0.25, 0.3) is 10.1 Å². The third-order valence-electron chi connectivity index (χ3n) is 4.03. The summed E-state index contributed by atoms with van der Waals surface area (Å²) in [6.07, 6.45) is 2.87. The average Bonchev–Trinajstić information content (AvgIpc) is 2.64. The molecule has 151 valence electrons. The smallest absolute Gasteiger partial charge is 0.295 e. The molecule has 0 fully saturated rings. The van der Waals surface area contributed by atoms with Gasteiger partial charge in [-0.2, -0.15) is 8.42 Å². The van der Waals surface area contributed by atoms with Crippen molar-refractivity contribution in [2.24, 2.45) is 0 Å². The van der Waals surface area contributed by atoms with Gasteiger partial charge in [0.05, 0.1) is 19.0 Å². The van der Waals surface area contributed by atoms with Gasteiger partial charge in [-0.15, -0.1) is 0 Å². The number of phenolic OH excluding ortho intramolecular Hbond substituents is 1. The van der Waals surface area contributed by atoms with Crippen molar-refractivity contribution in [1.29, 1.82) is 0 Å². The maximum atomic E-state index is 12.0. The van der Waals surface area contributed by atoms with Crippen molar-refractivity contribution in [2.75, 3.05) is 0 Å². The zero-order valence-electron chi connectivity index (χ0n) is 15.2. The molecule has 0 spiro atoms. The number of allylic oxidation sites excluding steroid dienone is 5. The SMILES string of the molecule is O=C1C(Cl)=C/C(=C(/c2cc(Cl)c(O)c(Br)c2)c2ccccc2S(=O)(=O)O)C=C1Br.[Na]. The van der Waals surface area contributed by atoms with Crippen LogP contribution in [0.1, 0.15) is 11.1 Å². The van der Waals surface area contributed by atoms with E-state index in [9.17, 15) is 22.9 Å². The Labute approximate surface area is 221 Å². The number of carbonyl (C=O) groups excluding carboxylic acids is 1. The molecule has 0 saturated heterocycles. The second kappa shape index (κ2) is 10.0. The molecule has 0 atom stereocenters. The van der Waals surface area contributed by atoms with Gasteiger partial charge in [0.1, 0.15) is 10.6 Å². The Hall–Kier alpha value is -0.420. The van der Waals surface area contributed by atoms with E-state index in [1.807, 2.05) is 0 Å². The molecule has 2 aromatic rings. The van der Waals surface area contributed by atoms with Crippen LogP contribution >= 0.6 is 55.1 Å². The van der Waals surface area contributed by atoms with Crippen molar-refractivity contribution < 1.29 is 22.9 Å². The molecule has 0 aromatic heterocycles. The topological polar surface area (TPSA) is 91.7 Å². The molecule has 0 bridgehead atoms. The molecule has 1 aliphatic rings. The molecule has 0 amide bonds. The predicted molar refractivity (Wildman–Crippen MR) is 125 cm³/mol. The molecule has 0 unspecified atom stereocenters. The first kappa shape index (κ1) is 25.8. The summed E-state index contributed by atoms with van der Waals surface area (Å²) < 4.78 is 34.1. The van der Waals surface area contributed by atoms with Gasteiger partial charge in [-0.05, 0) is 78.9 Å². The minimum absolute atomic E-state index is 0. The molecule has 1 radical (unpaired) electrons. The number of benzene rings is 2. The van der Waals surface area contributed by atoms with E-state index in [1.165, 1.54) is 42.5 Å². The first-order valence-electron chi connectivity index (χ1n) is 7.79. The summed E-state index contributed by atoms with van der Waals surface area (Å²) in [5.41, 5.74) is 1.29. The number of Topliss-reactive ketones (excluding diaryl/α,β-unsaturated/α-hetero) is 1. The number of rotatable bonds is 3. The maximum Gasteiger partial charge on any atom is 0.295 e. The normalized spacial score (nSPS) is 15.8. The van der Waals surface area contributed by atoms with E-state index < -0.39 is 15.9 Å². The fourth-order valence-corrected chi connectivity index (χ4v) is 5.08. The summed E-state index contributed by atoms with van der Waals surface area (Å²) in [5.74, 6) is -0.616. The van der Waals surface area contributed by atoms with Crippen molar-refractivity contribution >= 4 is 106 Å². The van der Waals surface area contributed by atoms with E-state index >= 15 is 0 Å². The Kier molecular flexibility index (Phi) is 8.63. The standard InChI is InChI=1S/C19H10Br2Cl2O5S.Na/c20-12-5-9(7-14(22)18(12)24)17(10-6-13(21)19(25)15(23)8-10)11-3-1-2-4-16(11)29(26,27)28;/h1-8,24H,(H,26,27,28);/b17-10-;. The van der Waals surface area contributed by atoms with E-state index in [0.29, 0.717) is 16.7 Å². The van der Waals surface area contributed by atoms with Gasteiger partial charge in [0.15, 0.2) is 0 Å². The summed E-state index contributed by atoms with van der Waals surface area (Å²) in [6, 6.07) is 8.78. The Bertz CT molecular complexity index is 1210. The number of hydrogen-bond acceptors (Lipinski definition) is 4. The molecular weight excluding hydrogens is 594 g/mol. The third kappa shape index (κ3) is 5.31. The van der Waals surface area contributed by atoms with E-state index in [0.717, 1.165) is 0 Å². The van der Waals surface area contributed by atoms with E-state index in [2.05, 4.69) is 31.9 Å². The Morgan fingerprint density at radius 1 is 1.03 bits per heavy atom. The first-order valence-corrected chi connectivity index (χ1v) is 11.6. The van der Waals surface area contributed by atoms with E-state index in [-0.39, 0.29) is 64.8 Å². The fraction of sp³-hybridized carbons (Fsp3) is 0. The number of ketones is 1. The van der Waals surface area contributed by atoms with Crippen LogP contribution in [0.15, 0.2) is 73.0 Å². The zero-order valence-corrected chi connectivity index (χ0v) is 22.7. The van der Waals surface area contributed by atoms with Gasteiger partial charge in [-0.25, -0.2) is 0 Å². The predicted octanol–water partition coefficient (Wildman–Crippen LogP) is 5.46. The Morgan fingerprint density at radius 3 is 2.23 bits per heavy atom. The monoisotopic (exact) mass is 601 g/mol. The molecule has 30 heavy (non-hydrogen) atoms. The molecule has 1 aliphatic carbocycles. The van der Waals surface area contributed by atoms with Crippen molar-refractivity contribution in [3.8, 4) is 5.75 Å². The quantitative estimate of drug-likeness (QED) is 0.359. The summed E-state index contributed by atoms with van der Waals surface area (Å²) in [4.78, 5) is 11.7. The molecule has 11 heteroatoms. The van der Waals surface area contributed by atoms with Gasteiger partial charge in [0, 0.05) is 35.1 Å². The molecule has 2 N–H and O–H groups in total. The van der Waals surface area contributed by atoms with E-state index in [4.69, 9.17) is 23.2 Å². The van der Waals surface area contributed by atoms with Gasteiger partial charge < -0.3 is 5.11 Å². The number of carbonyl (C=O) groups is 1. The van der Waals surface area contributed by atoms with Crippen LogP contribution in [-0.2, 0) is 14.9 Å². The first-order chi connectivity index (χ1) is 13.5. The molecule has 5 nitrogen and oxygen atoms in total. The molecular formula is C19H10Br2Cl2NaO5S. The molecule has 2 aromatic carbocycles. The van der Waals surface area contributed by atoms with Crippen LogP contribution in [0.2, 0.25) is 5.02 Å². The van der Waals surface area contributed by atoms with Crippen molar-refractivity contribution in [3.05, 3.63) is 84.3 Å². The van der Waals surface area contributed by atoms with Gasteiger partial charge in [0.2, 0.25) is 5.78 Å². The van der Waals surface area contributed by atoms with Crippen molar-refractivity contribution in [3.63, 3.8) is 0 Å². The fourth-order valence-electron chi connectivity index (χ4n) is 2.79. The van der Waals surface area contributed by atoms with Crippen molar-refractivity contribution in [2.45, 2.75) is 4.90 Å². The van der Waals surface area contributed by atoms with Crippen LogP contribution in [0, 0.1) is 0 Å². The maximum absolute atomic E-state index is 12.0. The second-order valence-corrected chi connectivity index (χ2v) is 9.82. The van der Waals surface area contributed by atoms with Crippen LogP contribution in [0.3, 0.4) is 0 Å². The zero-order chi connectivity index (χ0) is 21.5. The number of hydrogen-bond donors (Lipinski definition) is 2.